The molecule has 1 aromatic carbocycles. The van der Waals surface area contributed by atoms with Crippen molar-refractivity contribution in [3.63, 3.8) is 0 Å². The van der Waals surface area contributed by atoms with Crippen LogP contribution in [0.1, 0.15) is 0 Å². The van der Waals surface area contributed by atoms with E-state index in [1.54, 1.807) is 18.2 Å². The van der Waals surface area contributed by atoms with Crippen molar-refractivity contribution in [3.05, 3.63) is 48.1 Å². The Labute approximate surface area is 132 Å². The first-order valence-electron chi connectivity index (χ1n) is 6.87. The Balaban J connectivity index is 1.75. The maximum absolute atomic E-state index is 10.3. The third kappa shape index (κ3) is 2.68. The molecule has 0 aliphatic carbocycles. The van der Waals surface area contributed by atoms with Gasteiger partial charge in [0.05, 0.1) is 12.1 Å². The zero-order chi connectivity index (χ0) is 15.7. The Morgan fingerprint density at radius 2 is 2.23 bits per heavy atom. The highest BCUT2D eigenvalue weighted by molar-refractivity contribution is 6.29. The molecule has 1 aromatic heterocycles. The van der Waals surface area contributed by atoms with Crippen molar-refractivity contribution in [2.24, 2.45) is 0 Å². The Morgan fingerprint density at radius 1 is 1.45 bits per heavy atom. The van der Waals surface area contributed by atoms with E-state index in [1.807, 2.05) is 12.1 Å². The maximum atomic E-state index is 10.3. The molecular weight excluding hydrogens is 306 g/mol. The molecule has 22 heavy (non-hydrogen) atoms. The van der Waals surface area contributed by atoms with Crippen molar-refractivity contribution in [2.75, 3.05) is 13.2 Å². The SMILES string of the molecule is C=C[C@]1(O)[C@@H](O)CO[C@@H]1COc1ccc2ccc(Cl)nc2c1. The molecule has 3 rings (SSSR count). The number of pyridine rings is 1. The largest absolute Gasteiger partial charge is 0.491 e. The lowest BCUT2D eigenvalue weighted by atomic mass is 9.94. The summed E-state index contributed by atoms with van der Waals surface area (Å²) in [6.45, 7) is 3.69. The van der Waals surface area contributed by atoms with Crippen LogP contribution in [0.3, 0.4) is 0 Å². The Bertz CT molecular complexity index is 708. The third-order valence-electron chi connectivity index (χ3n) is 3.86. The number of nitrogens with zero attached hydrogens (tertiary/aromatic N) is 1. The molecule has 2 heterocycles. The van der Waals surface area contributed by atoms with Crippen molar-refractivity contribution >= 4 is 22.5 Å². The summed E-state index contributed by atoms with van der Waals surface area (Å²) in [5, 5.41) is 21.4. The van der Waals surface area contributed by atoms with Crippen LogP contribution in [0.5, 0.6) is 5.75 Å². The van der Waals surface area contributed by atoms with E-state index in [2.05, 4.69) is 11.6 Å². The average Bonchev–Trinajstić information content (AvgIpc) is 2.80. The zero-order valence-corrected chi connectivity index (χ0v) is 12.5. The Kier molecular flexibility index (Phi) is 4.06. The van der Waals surface area contributed by atoms with E-state index in [1.165, 1.54) is 6.08 Å². The molecular formula is C16H16ClNO4. The van der Waals surface area contributed by atoms with Gasteiger partial charge in [0.25, 0.3) is 0 Å². The van der Waals surface area contributed by atoms with Crippen LogP contribution >= 0.6 is 11.6 Å². The molecule has 0 saturated carbocycles. The van der Waals surface area contributed by atoms with Gasteiger partial charge in [-0.3, -0.25) is 0 Å². The monoisotopic (exact) mass is 321 g/mol. The standard InChI is InChI=1S/C16H16ClNO4/c1-2-16(20)13(19)8-22-14(16)9-21-11-5-3-10-4-6-15(17)18-12(10)7-11/h2-7,13-14,19-20H,1,8-9H2/t13-,14+,16-/m0/s1. The van der Waals surface area contributed by atoms with E-state index in [0.717, 1.165) is 10.9 Å². The quantitative estimate of drug-likeness (QED) is 0.665. The number of benzene rings is 1. The second-order valence-electron chi connectivity index (χ2n) is 5.23. The molecule has 1 fully saturated rings. The first kappa shape index (κ1) is 15.2. The second kappa shape index (κ2) is 5.85. The maximum Gasteiger partial charge on any atom is 0.140 e. The smallest absolute Gasteiger partial charge is 0.140 e. The van der Waals surface area contributed by atoms with Crippen molar-refractivity contribution in [2.45, 2.75) is 17.8 Å². The molecule has 1 saturated heterocycles. The Hall–Kier alpha value is -1.66. The summed E-state index contributed by atoms with van der Waals surface area (Å²) in [6, 6.07) is 9.04. The first-order chi connectivity index (χ1) is 10.5. The third-order valence-corrected chi connectivity index (χ3v) is 4.07. The van der Waals surface area contributed by atoms with Gasteiger partial charge in [0.15, 0.2) is 0 Å². The van der Waals surface area contributed by atoms with Crippen LogP contribution in [0.4, 0.5) is 0 Å². The fourth-order valence-electron chi connectivity index (χ4n) is 2.47. The van der Waals surface area contributed by atoms with Gasteiger partial charge in [-0.05, 0) is 24.3 Å². The van der Waals surface area contributed by atoms with Gasteiger partial charge in [0, 0.05) is 11.5 Å². The zero-order valence-electron chi connectivity index (χ0n) is 11.8. The van der Waals surface area contributed by atoms with Crippen LogP contribution in [0.15, 0.2) is 43.0 Å². The van der Waals surface area contributed by atoms with Crippen LogP contribution in [0.2, 0.25) is 5.15 Å². The number of aromatic nitrogens is 1. The summed E-state index contributed by atoms with van der Waals surface area (Å²) in [6.07, 6.45) is -0.390. The summed E-state index contributed by atoms with van der Waals surface area (Å²) in [5.41, 5.74) is -0.783. The molecule has 0 bridgehead atoms. The molecule has 1 aliphatic heterocycles. The normalized spacial score (nSPS) is 28.0. The minimum absolute atomic E-state index is 0.0471. The minimum atomic E-state index is -1.50. The lowest BCUT2D eigenvalue weighted by Crippen LogP contribution is -2.47. The van der Waals surface area contributed by atoms with Gasteiger partial charge in [-0.15, -0.1) is 6.58 Å². The highest BCUT2D eigenvalue weighted by Gasteiger charge is 2.48. The number of aliphatic hydroxyl groups is 2. The topological polar surface area (TPSA) is 71.8 Å². The molecule has 1 aliphatic rings. The predicted molar refractivity (Wildman–Crippen MR) is 83.1 cm³/mol. The number of ether oxygens (including phenoxy) is 2. The molecule has 0 unspecified atom stereocenters. The number of hydrogen-bond donors (Lipinski definition) is 2. The van der Waals surface area contributed by atoms with E-state index in [4.69, 9.17) is 21.1 Å². The van der Waals surface area contributed by atoms with E-state index in [9.17, 15) is 10.2 Å². The van der Waals surface area contributed by atoms with Gasteiger partial charge in [-0.25, -0.2) is 4.98 Å². The average molecular weight is 322 g/mol. The van der Waals surface area contributed by atoms with Crippen molar-refractivity contribution < 1.29 is 19.7 Å². The summed E-state index contributed by atoms with van der Waals surface area (Å²) < 4.78 is 11.0. The fourth-order valence-corrected chi connectivity index (χ4v) is 2.63. The van der Waals surface area contributed by atoms with Crippen molar-refractivity contribution in [1.29, 1.82) is 0 Å². The molecule has 3 atom stereocenters. The number of aliphatic hydroxyl groups excluding tert-OH is 1. The van der Waals surface area contributed by atoms with Crippen LogP contribution in [0, 0.1) is 0 Å². The number of hydrogen-bond acceptors (Lipinski definition) is 5. The first-order valence-corrected chi connectivity index (χ1v) is 7.25. The van der Waals surface area contributed by atoms with Gasteiger partial charge in [0.2, 0.25) is 0 Å². The van der Waals surface area contributed by atoms with Crippen molar-refractivity contribution in [1.82, 2.24) is 4.98 Å². The predicted octanol–water partition coefficient (Wildman–Crippen LogP) is 1.94. The number of halogens is 1. The van der Waals surface area contributed by atoms with Gasteiger partial charge in [0.1, 0.15) is 35.3 Å². The summed E-state index contributed by atoms with van der Waals surface area (Å²) in [5.74, 6) is 0.582. The summed E-state index contributed by atoms with van der Waals surface area (Å²) >= 11 is 5.88. The molecule has 0 amide bonds. The van der Waals surface area contributed by atoms with E-state index in [0.29, 0.717) is 10.9 Å². The molecule has 5 nitrogen and oxygen atoms in total. The van der Waals surface area contributed by atoms with Crippen LogP contribution in [-0.2, 0) is 4.74 Å². The molecule has 0 spiro atoms. The van der Waals surface area contributed by atoms with Gasteiger partial charge >= 0.3 is 0 Å². The van der Waals surface area contributed by atoms with Crippen LogP contribution in [0.25, 0.3) is 10.9 Å². The van der Waals surface area contributed by atoms with Crippen molar-refractivity contribution in [3.8, 4) is 5.75 Å². The van der Waals surface area contributed by atoms with E-state index < -0.39 is 17.8 Å². The van der Waals surface area contributed by atoms with Crippen LogP contribution in [-0.4, -0.2) is 46.2 Å². The molecule has 116 valence electrons. The van der Waals surface area contributed by atoms with Gasteiger partial charge in [-0.1, -0.05) is 17.7 Å². The lowest BCUT2D eigenvalue weighted by molar-refractivity contribution is -0.0541. The molecule has 2 aromatic rings. The fraction of sp³-hybridized carbons (Fsp3) is 0.312. The lowest BCUT2D eigenvalue weighted by Gasteiger charge is -2.27. The van der Waals surface area contributed by atoms with Crippen LogP contribution < -0.4 is 4.74 Å². The molecule has 2 N–H and O–H groups in total. The second-order valence-corrected chi connectivity index (χ2v) is 5.62. The van der Waals surface area contributed by atoms with E-state index >= 15 is 0 Å². The van der Waals surface area contributed by atoms with E-state index in [-0.39, 0.29) is 13.2 Å². The summed E-state index contributed by atoms with van der Waals surface area (Å²) in [7, 11) is 0. The van der Waals surface area contributed by atoms with Gasteiger partial charge in [-0.2, -0.15) is 0 Å². The molecule has 0 radical (unpaired) electrons. The Morgan fingerprint density at radius 3 is 3.00 bits per heavy atom. The van der Waals surface area contributed by atoms with Gasteiger partial charge < -0.3 is 19.7 Å². The molecule has 6 heteroatoms. The number of rotatable bonds is 4. The highest BCUT2D eigenvalue weighted by Crippen LogP contribution is 2.29. The highest BCUT2D eigenvalue weighted by atomic mass is 35.5. The minimum Gasteiger partial charge on any atom is -0.491 e. The number of fused-ring (bicyclic) bond motifs is 1. The summed E-state index contributed by atoms with van der Waals surface area (Å²) in [4.78, 5) is 4.22.